The van der Waals surface area contributed by atoms with Crippen LogP contribution in [0.4, 0.5) is 0 Å². The second kappa shape index (κ2) is 6.77. The van der Waals surface area contributed by atoms with Crippen LogP contribution in [-0.2, 0) is 9.59 Å². The van der Waals surface area contributed by atoms with Gasteiger partial charge in [0.25, 0.3) is 0 Å². The van der Waals surface area contributed by atoms with E-state index >= 15 is 0 Å². The summed E-state index contributed by atoms with van der Waals surface area (Å²) in [5, 5.41) is 19.7. The summed E-state index contributed by atoms with van der Waals surface area (Å²) in [7, 11) is 1.45. The van der Waals surface area contributed by atoms with E-state index < -0.39 is 22.6 Å². The van der Waals surface area contributed by atoms with E-state index in [1.807, 2.05) is 0 Å². The van der Waals surface area contributed by atoms with Gasteiger partial charge in [0.15, 0.2) is 5.12 Å². The van der Waals surface area contributed by atoms with Gasteiger partial charge in [-0.3, -0.25) is 9.59 Å². The topological polar surface area (TPSA) is 113 Å². The number of aliphatic hydroxyl groups is 1. The fraction of sp³-hybridized carbons (Fsp3) is 0.714. The van der Waals surface area contributed by atoms with E-state index in [-0.39, 0.29) is 13.0 Å². The molecule has 6 nitrogen and oxygen atoms in total. The van der Waals surface area contributed by atoms with E-state index in [9.17, 15) is 9.59 Å². The van der Waals surface area contributed by atoms with Gasteiger partial charge in [-0.15, -0.1) is 0 Å². The van der Waals surface area contributed by atoms with Crippen molar-refractivity contribution in [3.63, 3.8) is 0 Å². The highest BCUT2D eigenvalue weighted by Crippen LogP contribution is 2.12. The Morgan fingerprint density at radius 3 is 2.50 bits per heavy atom. The molecule has 14 heavy (non-hydrogen) atoms. The molecule has 0 saturated heterocycles. The lowest BCUT2D eigenvalue weighted by Crippen LogP contribution is -2.35. The molecule has 7 heteroatoms. The van der Waals surface area contributed by atoms with Gasteiger partial charge in [-0.25, -0.2) is 0 Å². The number of carboxylic acid groups (broad SMARTS) is 1. The minimum absolute atomic E-state index is 0.0340. The van der Waals surface area contributed by atoms with Gasteiger partial charge in [0, 0.05) is 13.0 Å². The molecule has 0 spiro atoms. The first-order chi connectivity index (χ1) is 6.51. The summed E-state index contributed by atoms with van der Waals surface area (Å²) in [6.07, 6.45) is -0.173. The average molecular weight is 222 g/mol. The van der Waals surface area contributed by atoms with Gasteiger partial charge in [0.05, 0.1) is 0 Å². The first-order valence-electron chi connectivity index (χ1n) is 3.99. The Labute approximate surface area is 85.9 Å². The molecule has 0 aromatic rings. The van der Waals surface area contributed by atoms with Crippen LogP contribution in [0.3, 0.4) is 0 Å². The summed E-state index contributed by atoms with van der Waals surface area (Å²) in [6.45, 7) is -0.0340. The Kier molecular flexibility index (Phi) is 6.46. The predicted octanol–water partition coefficient (Wildman–Crippen LogP) is -1.41. The number of carbonyl (C=O) groups excluding carboxylic acids is 1. The summed E-state index contributed by atoms with van der Waals surface area (Å²) in [6, 6.07) is -0.917. The number of nitrogens with one attached hydrogen (secondary N) is 1. The molecule has 82 valence electrons. The van der Waals surface area contributed by atoms with Crippen LogP contribution >= 0.6 is 11.8 Å². The molecule has 0 aliphatic heterocycles. The van der Waals surface area contributed by atoms with Crippen LogP contribution in [0.1, 0.15) is 6.42 Å². The number of carboxylic acids is 1. The van der Waals surface area contributed by atoms with E-state index in [1.54, 1.807) is 0 Å². The molecular formula is C7H14N2O4S. The third-order valence-electron chi connectivity index (χ3n) is 1.49. The lowest BCUT2D eigenvalue weighted by molar-refractivity contribution is -0.140. The fourth-order valence-corrected chi connectivity index (χ4v) is 1.39. The van der Waals surface area contributed by atoms with Crippen molar-refractivity contribution in [1.82, 2.24) is 5.32 Å². The monoisotopic (exact) mass is 222 g/mol. The number of nitrogens with two attached hydrogens (primary N) is 1. The second-order valence-electron chi connectivity index (χ2n) is 2.56. The van der Waals surface area contributed by atoms with Gasteiger partial charge in [0.2, 0.25) is 0 Å². The maximum absolute atomic E-state index is 11.1. The van der Waals surface area contributed by atoms with Crippen molar-refractivity contribution in [3.8, 4) is 0 Å². The van der Waals surface area contributed by atoms with Crippen LogP contribution in [0.15, 0.2) is 0 Å². The van der Waals surface area contributed by atoms with Gasteiger partial charge in [0.1, 0.15) is 11.5 Å². The summed E-state index contributed by atoms with van der Waals surface area (Å²) >= 11 is 0.649. The van der Waals surface area contributed by atoms with Crippen LogP contribution in [0.2, 0.25) is 0 Å². The van der Waals surface area contributed by atoms with Crippen LogP contribution in [0.25, 0.3) is 0 Å². The minimum atomic E-state index is -1.09. The van der Waals surface area contributed by atoms with Gasteiger partial charge >= 0.3 is 5.97 Å². The number of rotatable bonds is 6. The zero-order valence-corrected chi connectivity index (χ0v) is 8.58. The van der Waals surface area contributed by atoms with Crippen LogP contribution in [0, 0.1) is 0 Å². The Morgan fingerprint density at radius 1 is 1.57 bits per heavy atom. The first-order valence-corrected chi connectivity index (χ1v) is 4.87. The molecule has 0 aliphatic rings. The van der Waals surface area contributed by atoms with Crippen LogP contribution in [0.5, 0.6) is 0 Å². The third kappa shape index (κ3) is 5.18. The zero-order valence-electron chi connectivity index (χ0n) is 7.77. The number of hydrogen-bond donors (Lipinski definition) is 4. The average Bonchev–Trinajstić information content (AvgIpc) is 2.13. The molecule has 0 rings (SSSR count). The number of carbonyl (C=O) groups is 2. The standard InChI is InChI=1S/C7H14N2O4S/c1-9-4(7(12)13)2-5(10)14-6(11)3-8/h4,6,9,11H,2-3,8H2,1H3,(H,12,13)/t4-,6+/m0/s1. The van der Waals surface area contributed by atoms with Crippen molar-refractivity contribution >= 4 is 22.8 Å². The molecule has 0 aliphatic carbocycles. The SMILES string of the molecule is CN[C@@H](CC(=O)S[C@@H](O)CN)C(=O)O. The van der Waals surface area contributed by atoms with Gasteiger partial charge < -0.3 is 21.3 Å². The van der Waals surface area contributed by atoms with Crippen molar-refractivity contribution in [2.24, 2.45) is 5.73 Å². The van der Waals surface area contributed by atoms with Crippen molar-refractivity contribution in [2.45, 2.75) is 17.9 Å². The van der Waals surface area contributed by atoms with E-state index in [0.717, 1.165) is 0 Å². The molecule has 0 aromatic heterocycles. The van der Waals surface area contributed by atoms with E-state index in [1.165, 1.54) is 7.05 Å². The Hall–Kier alpha value is -0.630. The van der Waals surface area contributed by atoms with Crippen molar-refractivity contribution < 1.29 is 19.8 Å². The molecule has 0 bridgehead atoms. The molecule has 0 heterocycles. The normalized spacial score (nSPS) is 14.8. The molecule has 0 amide bonds. The molecule has 0 unspecified atom stereocenters. The smallest absolute Gasteiger partial charge is 0.321 e. The van der Waals surface area contributed by atoms with E-state index in [0.29, 0.717) is 11.8 Å². The predicted molar refractivity (Wildman–Crippen MR) is 52.8 cm³/mol. The van der Waals surface area contributed by atoms with E-state index in [2.05, 4.69) is 5.32 Å². The van der Waals surface area contributed by atoms with Gasteiger partial charge in [-0.2, -0.15) is 0 Å². The molecular weight excluding hydrogens is 208 g/mol. The van der Waals surface area contributed by atoms with Crippen LogP contribution < -0.4 is 11.1 Å². The third-order valence-corrected chi connectivity index (χ3v) is 2.38. The summed E-state index contributed by atoms with van der Waals surface area (Å²) in [4.78, 5) is 21.6. The summed E-state index contributed by atoms with van der Waals surface area (Å²) in [5.41, 5.74) is 4.12. The second-order valence-corrected chi connectivity index (χ2v) is 3.80. The minimum Gasteiger partial charge on any atom is -0.480 e. The quantitative estimate of drug-likeness (QED) is 0.408. The largest absolute Gasteiger partial charge is 0.480 e. The maximum atomic E-state index is 11.1. The zero-order chi connectivity index (χ0) is 11.1. The molecule has 2 atom stereocenters. The fourth-order valence-electron chi connectivity index (χ4n) is 0.727. The van der Waals surface area contributed by atoms with Crippen molar-refractivity contribution in [2.75, 3.05) is 13.6 Å². The number of aliphatic hydroxyl groups excluding tert-OH is 1. The van der Waals surface area contributed by atoms with Gasteiger partial charge in [-0.1, -0.05) is 11.8 Å². The lowest BCUT2D eigenvalue weighted by Gasteiger charge is -2.11. The van der Waals surface area contributed by atoms with Gasteiger partial charge in [-0.05, 0) is 7.05 Å². The number of aliphatic carboxylic acids is 1. The summed E-state index contributed by atoms with van der Waals surface area (Å²) in [5.74, 6) is -1.09. The summed E-state index contributed by atoms with van der Waals surface area (Å²) < 4.78 is 0. The van der Waals surface area contributed by atoms with E-state index in [4.69, 9.17) is 15.9 Å². The highest BCUT2D eigenvalue weighted by molar-refractivity contribution is 8.14. The highest BCUT2D eigenvalue weighted by Gasteiger charge is 2.20. The molecule has 0 saturated carbocycles. The highest BCUT2D eigenvalue weighted by atomic mass is 32.2. The van der Waals surface area contributed by atoms with Crippen LogP contribution in [-0.4, -0.2) is 46.4 Å². The first kappa shape index (κ1) is 13.4. The number of hydrogen-bond acceptors (Lipinski definition) is 6. The Morgan fingerprint density at radius 2 is 2.14 bits per heavy atom. The Bertz CT molecular complexity index is 212. The molecule has 0 aromatic carbocycles. The Balaban J connectivity index is 3.97. The van der Waals surface area contributed by atoms with Crippen molar-refractivity contribution in [3.05, 3.63) is 0 Å². The van der Waals surface area contributed by atoms with Crippen molar-refractivity contribution in [1.29, 1.82) is 0 Å². The molecule has 0 fully saturated rings. The number of likely N-dealkylation sites (N-methyl/N-ethyl adjacent to an activating group) is 1. The number of thioether (sulfide) groups is 1. The lowest BCUT2D eigenvalue weighted by atomic mass is 10.2. The molecule has 0 radical (unpaired) electrons. The maximum Gasteiger partial charge on any atom is 0.321 e. The molecule has 5 N–H and O–H groups in total.